The number of rotatable bonds is 4. The first kappa shape index (κ1) is 14.3. The predicted molar refractivity (Wildman–Crippen MR) is 85.5 cm³/mol. The molecule has 1 heterocycles. The molecule has 20 heavy (non-hydrogen) atoms. The van der Waals surface area contributed by atoms with E-state index in [4.69, 9.17) is 17.0 Å². The van der Waals surface area contributed by atoms with Crippen molar-refractivity contribution in [2.75, 3.05) is 17.7 Å². The van der Waals surface area contributed by atoms with Gasteiger partial charge < -0.3 is 15.4 Å². The van der Waals surface area contributed by atoms with Gasteiger partial charge in [0.1, 0.15) is 5.75 Å². The topological polar surface area (TPSA) is 51.1 Å². The molecule has 1 aromatic carbocycles. The van der Waals surface area contributed by atoms with Gasteiger partial charge >= 0.3 is 0 Å². The molecule has 5 nitrogen and oxygen atoms in total. The zero-order valence-corrected chi connectivity index (χ0v) is 12.6. The molecule has 0 aliphatic heterocycles. The van der Waals surface area contributed by atoms with E-state index in [1.54, 1.807) is 13.3 Å². The van der Waals surface area contributed by atoms with Crippen molar-refractivity contribution in [1.82, 2.24) is 9.78 Å². The number of thiocarbonyl (C=S) groups is 1. The van der Waals surface area contributed by atoms with E-state index in [0.29, 0.717) is 5.11 Å². The zero-order valence-electron chi connectivity index (χ0n) is 11.8. The second-order valence-electron chi connectivity index (χ2n) is 4.27. The predicted octanol–water partition coefficient (Wildman–Crippen LogP) is 3.03. The molecular formula is C14H18N4OS. The summed E-state index contributed by atoms with van der Waals surface area (Å²) < 4.78 is 7.03. The van der Waals surface area contributed by atoms with Crippen LogP contribution in [-0.2, 0) is 6.54 Å². The van der Waals surface area contributed by atoms with E-state index in [0.717, 1.165) is 29.4 Å². The summed E-state index contributed by atoms with van der Waals surface area (Å²) in [5.41, 5.74) is 2.88. The maximum Gasteiger partial charge on any atom is 0.175 e. The molecule has 0 fully saturated rings. The summed E-state index contributed by atoms with van der Waals surface area (Å²) in [7, 11) is 1.64. The van der Waals surface area contributed by atoms with E-state index >= 15 is 0 Å². The number of hydrogen-bond acceptors (Lipinski definition) is 3. The molecule has 0 saturated heterocycles. The van der Waals surface area contributed by atoms with Crippen LogP contribution in [0.4, 0.5) is 11.4 Å². The van der Waals surface area contributed by atoms with Gasteiger partial charge in [-0.2, -0.15) is 5.10 Å². The second kappa shape index (κ2) is 6.38. The fourth-order valence-electron chi connectivity index (χ4n) is 1.85. The highest BCUT2D eigenvalue weighted by Gasteiger charge is 2.06. The van der Waals surface area contributed by atoms with E-state index in [2.05, 4.69) is 22.7 Å². The summed E-state index contributed by atoms with van der Waals surface area (Å²) in [5.74, 6) is 0.814. The molecule has 1 aromatic heterocycles. The van der Waals surface area contributed by atoms with Crippen molar-refractivity contribution in [3.8, 4) is 5.75 Å². The SMILES string of the molecule is CCn1ncc(NC(=S)Nc2ccc(OC)cc2)c1C. The van der Waals surface area contributed by atoms with E-state index < -0.39 is 0 Å². The molecule has 106 valence electrons. The van der Waals surface area contributed by atoms with E-state index in [-0.39, 0.29) is 0 Å². The molecule has 6 heteroatoms. The van der Waals surface area contributed by atoms with Crippen molar-refractivity contribution in [2.45, 2.75) is 20.4 Å². The van der Waals surface area contributed by atoms with Gasteiger partial charge in [-0.25, -0.2) is 0 Å². The molecule has 0 saturated carbocycles. The number of nitrogens with one attached hydrogen (secondary N) is 2. The molecule has 0 atom stereocenters. The number of aryl methyl sites for hydroxylation is 1. The van der Waals surface area contributed by atoms with Crippen molar-refractivity contribution >= 4 is 28.7 Å². The Kier molecular flexibility index (Phi) is 4.57. The Morgan fingerprint density at radius 2 is 2.00 bits per heavy atom. The van der Waals surface area contributed by atoms with Gasteiger partial charge in [-0.3, -0.25) is 4.68 Å². The number of nitrogens with zero attached hydrogens (tertiary/aromatic N) is 2. The molecule has 0 spiro atoms. The molecule has 2 N–H and O–H groups in total. The van der Waals surface area contributed by atoms with Crippen LogP contribution in [0.1, 0.15) is 12.6 Å². The average Bonchev–Trinajstić information content (AvgIpc) is 2.80. The smallest absolute Gasteiger partial charge is 0.175 e. The molecule has 0 aliphatic rings. The van der Waals surface area contributed by atoms with Gasteiger partial charge in [0.2, 0.25) is 0 Å². The highest BCUT2D eigenvalue weighted by Crippen LogP contribution is 2.17. The van der Waals surface area contributed by atoms with Gasteiger partial charge in [-0.1, -0.05) is 0 Å². The van der Waals surface area contributed by atoms with Crippen molar-refractivity contribution in [1.29, 1.82) is 0 Å². The standard InChI is InChI=1S/C14H18N4OS/c1-4-18-10(2)13(9-15-18)17-14(20)16-11-5-7-12(19-3)8-6-11/h5-9H,4H2,1-3H3,(H2,16,17,20). The van der Waals surface area contributed by atoms with Crippen LogP contribution in [0.2, 0.25) is 0 Å². The Morgan fingerprint density at radius 1 is 1.30 bits per heavy atom. The third kappa shape index (κ3) is 3.27. The lowest BCUT2D eigenvalue weighted by atomic mass is 10.3. The minimum atomic E-state index is 0.536. The largest absolute Gasteiger partial charge is 0.497 e. The molecular weight excluding hydrogens is 272 g/mol. The Hall–Kier alpha value is -2.08. The number of aromatic nitrogens is 2. The number of hydrogen-bond donors (Lipinski definition) is 2. The van der Waals surface area contributed by atoms with E-state index in [1.165, 1.54) is 0 Å². The monoisotopic (exact) mass is 290 g/mol. The van der Waals surface area contributed by atoms with Crippen LogP contribution < -0.4 is 15.4 Å². The molecule has 0 aliphatic carbocycles. The first-order valence-corrected chi connectivity index (χ1v) is 6.79. The van der Waals surface area contributed by atoms with Crippen molar-refractivity contribution in [2.24, 2.45) is 0 Å². The maximum atomic E-state index is 5.29. The zero-order chi connectivity index (χ0) is 14.5. The van der Waals surface area contributed by atoms with Gasteiger partial charge in [0.15, 0.2) is 5.11 Å². The number of ether oxygens (including phenoxy) is 1. The Labute approximate surface area is 123 Å². The normalized spacial score (nSPS) is 10.2. The van der Waals surface area contributed by atoms with Gasteiger partial charge in [-0.05, 0) is 50.3 Å². The van der Waals surface area contributed by atoms with Crippen molar-refractivity contribution < 1.29 is 4.74 Å². The van der Waals surface area contributed by atoms with E-state index in [1.807, 2.05) is 35.9 Å². The van der Waals surface area contributed by atoms with Crippen LogP contribution in [0.15, 0.2) is 30.5 Å². The highest BCUT2D eigenvalue weighted by atomic mass is 32.1. The highest BCUT2D eigenvalue weighted by molar-refractivity contribution is 7.80. The fourth-order valence-corrected chi connectivity index (χ4v) is 2.07. The van der Waals surface area contributed by atoms with Gasteiger partial charge in [0.25, 0.3) is 0 Å². The average molecular weight is 290 g/mol. The van der Waals surface area contributed by atoms with E-state index in [9.17, 15) is 0 Å². The fraction of sp³-hybridized carbons (Fsp3) is 0.286. The summed E-state index contributed by atoms with van der Waals surface area (Å²) in [6.07, 6.45) is 1.78. The van der Waals surface area contributed by atoms with Crippen LogP contribution in [0, 0.1) is 6.92 Å². The summed E-state index contributed by atoms with van der Waals surface area (Å²) in [4.78, 5) is 0. The summed E-state index contributed by atoms with van der Waals surface area (Å²) in [5, 5.41) is 11.1. The van der Waals surface area contributed by atoms with Crippen LogP contribution in [0.5, 0.6) is 5.75 Å². The molecule has 0 unspecified atom stereocenters. The molecule has 0 bridgehead atoms. The number of methoxy groups -OCH3 is 1. The number of benzene rings is 1. The molecule has 0 amide bonds. The first-order chi connectivity index (χ1) is 9.63. The summed E-state index contributed by atoms with van der Waals surface area (Å²) in [6.45, 7) is 4.90. The number of anilines is 2. The molecule has 0 radical (unpaired) electrons. The third-order valence-electron chi connectivity index (χ3n) is 3.00. The Morgan fingerprint density at radius 3 is 2.55 bits per heavy atom. The Balaban J connectivity index is 1.99. The van der Waals surface area contributed by atoms with Crippen molar-refractivity contribution in [3.63, 3.8) is 0 Å². The quantitative estimate of drug-likeness (QED) is 0.848. The minimum Gasteiger partial charge on any atom is -0.497 e. The summed E-state index contributed by atoms with van der Waals surface area (Å²) in [6, 6.07) is 7.58. The molecule has 2 aromatic rings. The third-order valence-corrected chi connectivity index (χ3v) is 3.20. The van der Waals surface area contributed by atoms with Gasteiger partial charge in [0, 0.05) is 12.2 Å². The lowest BCUT2D eigenvalue weighted by molar-refractivity contribution is 0.415. The minimum absolute atomic E-state index is 0.536. The lowest BCUT2D eigenvalue weighted by Crippen LogP contribution is -2.19. The van der Waals surface area contributed by atoms with Crippen LogP contribution in [0.3, 0.4) is 0 Å². The maximum absolute atomic E-state index is 5.29. The first-order valence-electron chi connectivity index (χ1n) is 6.38. The van der Waals surface area contributed by atoms with Gasteiger partial charge in [0.05, 0.1) is 24.7 Å². The lowest BCUT2D eigenvalue weighted by Gasteiger charge is -2.10. The van der Waals surface area contributed by atoms with Crippen LogP contribution in [0.25, 0.3) is 0 Å². The van der Waals surface area contributed by atoms with Gasteiger partial charge in [-0.15, -0.1) is 0 Å². The van der Waals surface area contributed by atoms with Crippen molar-refractivity contribution in [3.05, 3.63) is 36.2 Å². The van der Waals surface area contributed by atoms with Crippen LogP contribution >= 0.6 is 12.2 Å². The summed E-state index contributed by atoms with van der Waals surface area (Å²) >= 11 is 5.29. The molecule has 2 rings (SSSR count). The second-order valence-corrected chi connectivity index (χ2v) is 4.68. The van der Waals surface area contributed by atoms with Crippen LogP contribution in [-0.4, -0.2) is 22.0 Å². The Bertz CT molecular complexity index is 592.